The summed E-state index contributed by atoms with van der Waals surface area (Å²) in [5.41, 5.74) is 8.77. The molecule has 1 atom stereocenters. The summed E-state index contributed by atoms with van der Waals surface area (Å²) in [7, 11) is 1.69. The summed E-state index contributed by atoms with van der Waals surface area (Å²) in [5.74, 6) is 0.839. The zero-order valence-corrected chi connectivity index (χ0v) is 19.5. The number of methoxy groups -OCH3 is 1. The lowest BCUT2D eigenvalue weighted by atomic mass is 9.92. The molecule has 0 saturated heterocycles. The van der Waals surface area contributed by atoms with Crippen molar-refractivity contribution in [1.29, 1.82) is 0 Å². The Morgan fingerprint density at radius 1 is 0.970 bits per heavy atom. The lowest BCUT2D eigenvalue weighted by Crippen LogP contribution is -2.43. The molecule has 2 amide bonds. The summed E-state index contributed by atoms with van der Waals surface area (Å²) in [6.07, 6.45) is 0.783. The Morgan fingerprint density at radius 3 is 2.39 bits per heavy atom. The number of fused-ring (bicyclic) bond motifs is 3. The molecule has 0 spiro atoms. The highest BCUT2D eigenvalue weighted by molar-refractivity contribution is 5.92. The first kappa shape index (κ1) is 21.1. The van der Waals surface area contributed by atoms with E-state index >= 15 is 0 Å². The molecule has 1 aliphatic heterocycles. The van der Waals surface area contributed by atoms with Crippen molar-refractivity contribution >= 4 is 22.6 Å². The molecule has 5 heteroatoms. The maximum absolute atomic E-state index is 13.5. The quantitative estimate of drug-likeness (QED) is 0.395. The van der Waals surface area contributed by atoms with Crippen molar-refractivity contribution in [3.05, 3.63) is 94.2 Å². The van der Waals surface area contributed by atoms with Gasteiger partial charge in [0.15, 0.2) is 0 Å². The first-order valence-corrected chi connectivity index (χ1v) is 11.3. The third-order valence-corrected chi connectivity index (χ3v) is 6.46. The van der Waals surface area contributed by atoms with E-state index in [9.17, 15) is 4.79 Å². The molecule has 1 aromatic heterocycles. The number of H-pyrrole nitrogens is 1. The van der Waals surface area contributed by atoms with Crippen LogP contribution in [0.5, 0.6) is 5.75 Å². The number of carbonyl (C=O) groups is 1. The van der Waals surface area contributed by atoms with Crippen LogP contribution in [0.2, 0.25) is 0 Å². The van der Waals surface area contributed by atoms with Gasteiger partial charge in [-0.25, -0.2) is 4.79 Å². The Labute approximate surface area is 194 Å². The van der Waals surface area contributed by atoms with Gasteiger partial charge in [0.25, 0.3) is 0 Å². The Morgan fingerprint density at radius 2 is 1.70 bits per heavy atom. The average Bonchev–Trinajstić information content (AvgIpc) is 3.16. The fourth-order valence-electron chi connectivity index (χ4n) is 4.95. The number of anilines is 1. The molecule has 1 aliphatic rings. The molecule has 0 bridgehead atoms. The lowest BCUT2D eigenvalue weighted by molar-refractivity contribution is 0.193. The van der Waals surface area contributed by atoms with E-state index in [1.165, 1.54) is 11.1 Å². The molecule has 0 radical (unpaired) electrons. The van der Waals surface area contributed by atoms with Crippen molar-refractivity contribution in [2.24, 2.45) is 0 Å². The maximum atomic E-state index is 13.5. The van der Waals surface area contributed by atoms with Crippen LogP contribution in [-0.4, -0.2) is 29.6 Å². The predicted octanol–water partition coefficient (Wildman–Crippen LogP) is 6.28. The molecule has 3 aromatic carbocycles. The molecule has 0 saturated carbocycles. The SMILES string of the molecule is COc1ccc2[nH]c3c(c2c1)CCN(C(=O)Nc1cc(C)cc(C)c1)[C@H]3c1ccc(C)cc1. The number of urea groups is 1. The van der Waals surface area contributed by atoms with E-state index in [-0.39, 0.29) is 12.1 Å². The third kappa shape index (κ3) is 3.95. The van der Waals surface area contributed by atoms with Crippen molar-refractivity contribution in [2.75, 3.05) is 19.0 Å². The van der Waals surface area contributed by atoms with Crippen molar-refractivity contribution in [2.45, 2.75) is 33.2 Å². The molecule has 168 valence electrons. The van der Waals surface area contributed by atoms with Gasteiger partial charge in [-0.15, -0.1) is 0 Å². The standard InChI is InChI=1S/C28H29N3O2/c1-17-5-7-20(8-6-17)27-26-23(24-16-22(33-4)9-10-25(24)30-26)11-12-31(27)28(32)29-21-14-18(2)13-19(3)15-21/h5-10,13-16,27,30H,11-12H2,1-4H3,(H,29,32)/t27-/m0/s1. The van der Waals surface area contributed by atoms with Gasteiger partial charge in [-0.3, -0.25) is 0 Å². The number of hydrogen-bond acceptors (Lipinski definition) is 2. The molecule has 4 aromatic rings. The normalized spacial score (nSPS) is 15.4. The first-order chi connectivity index (χ1) is 15.9. The van der Waals surface area contributed by atoms with Crippen LogP contribution in [0.4, 0.5) is 10.5 Å². The van der Waals surface area contributed by atoms with Gasteiger partial charge in [-0.1, -0.05) is 35.9 Å². The van der Waals surface area contributed by atoms with Gasteiger partial charge >= 0.3 is 6.03 Å². The largest absolute Gasteiger partial charge is 0.497 e. The van der Waals surface area contributed by atoms with Gasteiger partial charge in [0.1, 0.15) is 5.75 Å². The summed E-state index contributed by atoms with van der Waals surface area (Å²) in [4.78, 5) is 19.1. The zero-order chi connectivity index (χ0) is 23.1. The smallest absolute Gasteiger partial charge is 0.322 e. The number of rotatable bonds is 3. The second-order valence-corrected chi connectivity index (χ2v) is 8.99. The van der Waals surface area contributed by atoms with Gasteiger partial charge in [-0.05, 0) is 79.8 Å². The average molecular weight is 440 g/mol. The highest BCUT2D eigenvalue weighted by atomic mass is 16.5. The van der Waals surface area contributed by atoms with Crippen molar-refractivity contribution in [3.63, 3.8) is 0 Å². The number of aromatic nitrogens is 1. The number of aromatic amines is 1. The van der Waals surface area contributed by atoms with Crippen LogP contribution in [0.3, 0.4) is 0 Å². The number of nitrogens with zero attached hydrogens (tertiary/aromatic N) is 1. The second kappa shape index (κ2) is 8.32. The number of nitrogens with one attached hydrogen (secondary N) is 2. The maximum Gasteiger partial charge on any atom is 0.322 e. The van der Waals surface area contributed by atoms with E-state index in [0.29, 0.717) is 6.54 Å². The highest BCUT2D eigenvalue weighted by Crippen LogP contribution is 2.39. The van der Waals surface area contributed by atoms with Gasteiger partial charge < -0.3 is 19.9 Å². The summed E-state index contributed by atoms with van der Waals surface area (Å²) >= 11 is 0. The zero-order valence-electron chi connectivity index (χ0n) is 19.5. The number of hydrogen-bond donors (Lipinski definition) is 2. The molecule has 0 aliphatic carbocycles. The van der Waals surface area contributed by atoms with Gasteiger partial charge in [-0.2, -0.15) is 0 Å². The fraction of sp³-hybridized carbons (Fsp3) is 0.250. The Bertz CT molecular complexity index is 1320. The van der Waals surface area contributed by atoms with E-state index in [0.717, 1.165) is 51.1 Å². The van der Waals surface area contributed by atoms with E-state index in [4.69, 9.17) is 4.74 Å². The van der Waals surface area contributed by atoms with E-state index in [1.807, 2.05) is 36.9 Å². The summed E-state index contributed by atoms with van der Waals surface area (Å²) in [6.45, 7) is 6.80. The minimum absolute atomic E-state index is 0.0903. The van der Waals surface area contributed by atoms with Crippen LogP contribution in [0, 0.1) is 20.8 Å². The summed E-state index contributed by atoms with van der Waals surface area (Å²) in [6, 6.07) is 20.4. The molecule has 33 heavy (non-hydrogen) atoms. The fourth-order valence-corrected chi connectivity index (χ4v) is 4.95. The molecule has 2 N–H and O–H groups in total. The van der Waals surface area contributed by atoms with Crippen molar-refractivity contribution in [3.8, 4) is 5.75 Å². The van der Waals surface area contributed by atoms with Crippen LogP contribution in [0.1, 0.15) is 39.6 Å². The second-order valence-electron chi connectivity index (χ2n) is 8.99. The van der Waals surface area contributed by atoms with Gasteiger partial charge in [0, 0.05) is 28.8 Å². The van der Waals surface area contributed by atoms with E-state index < -0.39 is 0 Å². The Balaban J connectivity index is 1.58. The molecule has 5 rings (SSSR count). The predicted molar refractivity (Wildman–Crippen MR) is 133 cm³/mol. The monoisotopic (exact) mass is 439 g/mol. The minimum atomic E-state index is -0.196. The van der Waals surface area contributed by atoms with Crippen molar-refractivity contribution < 1.29 is 9.53 Å². The van der Waals surface area contributed by atoms with Gasteiger partial charge in [0.2, 0.25) is 0 Å². The number of amides is 2. The molecule has 0 fully saturated rings. The first-order valence-electron chi connectivity index (χ1n) is 11.3. The highest BCUT2D eigenvalue weighted by Gasteiger charge is 2.34. The van der Waals surface area contributed by atoms with E-state index in [2.05, 4.69) is 59.7 Å². The Kier molecular flexibility index (Phi) is 5.33. The van der Waals surface area contributed by atoms with Gasteiger partial charge in [0.05, 0.1) is 13.2 Å². The lowest BCUT2D eigenvalue weighted by Gasteiger charge is -2.36. The van der Waals surface area contributed by atoms with Crippen LogP contribution in [-0.2, 0) is 6.42 Å². The third-order valence-electron chi connectivity index (χ3n) is 6.46. The summed E-state index contributed by atoms with van der Waals surface area (Å²) < 4.78 is 5.46. The van der Waals surface area contributed by atoms with Crippen LogP contribution in [0.25, 0.3) is 10.9 Å². The Hall–Kier alpha value is -3.73. The molecule has 5 nitrogen and oxygen atoms in total. The summed E-state index contributed by atoms with van der Waals surface area (Å²) in [5, 5.41) is 4.30. The number of aryl methyl sites for hydroxylation is 3. The van der Waals surface area contributed by atoms with Crippen LogP contribution < -0.4 is 10.1 Å². The van der Waals surface area contributed by atoms with E-state index in [1.54, 1.807) is 7.11 Å². The topological polar surface area (TPSA) is 57.4 Å². The van der Waals surface area contributed by atoms with Crippen LogP contribution in [0.15, 0.2) is 60.7 Å². The van der Waals surface area contributed by atoms with Crippen LogP contribution >= 0.6 is 0 Å². The molecule has 0 unspecified atom stereocenters. The number of carbonyl (C=O) groups excluding carboxylic acids is 1. The number of ether oxygens (including phenoxy) is 1. The number of benzene rings is 3. The van der Waals surface area contributed by atoms with Crippen molar-refractivity contribution in [1.82, 2.24) is 9.88 Å². The molecular formula is C28H29N3O2. The molecule has 2 heterocycles. The minimum Gasteiger partial charge on any atom is -0.497 e. The molecular weight excluding hydrogens is 410 g/mol.